The zero-order valence-electron chi connectivity index (χ0n) is 25.6. The van der Waals surface area contributed by atoms with Crippen LogP contribution in [0.25, 0.3) is 22.8 Å². The fraction of sp³-hybridized carbons (Fsp3) is 0.400. The first kappa shape index (κ1) is 37.5. The van der Waals surface area contributed by atoms with E-state index in [-0.39, 0.29) is 11.6 Å². The Morgan fingerprint density at radius 2 is 1.37 bits per heavy atom. The summed E-state index contributed by atoms with van der Waals surface area (Å²) >= 11 is 12.0. The van der Waals surface area contributed by atoms with Crippen molar-refractivity contribution >= 4 is 59.6 Å². The first-order valence-electron chi connectivity index (χ1n) is 13.8. The van der Waals surface area contributed by atoms with Gasteiger partial charge in [-0.15, -0.1) is 0 Å². The summed E-state index contributed by atoms with van der Waals surface area (Å²) in [6.45, 7) is 16.0. The van der Waals surface area contributed by atoms with Gasteiger partial charge >= 0.3 is 0 Å². The first-order chi connectivity index (χ1) is 20.2. The maximum Gasteiger partial charge on any atom is 0.142 e. The van der Waals surface area contributed by atoms with Gasteiger partial charge in [0.2, 0.25) is 0 Å². The second-order valence-corrected chi connectivity index (χ2v) is 25.3. The Bertz CT molecular complexity index is 1380. The van der Waals surface area contributed by atoms with Crippen LogP contribution in [0.2, 0.25) is 51.4 Å². The highest BCUT2D eigenvalue weighted by atomic mass is 79.9. The minimum atomic E-state index is -1.07. The van der Waals surface area contributed by atoms with Crippen LogP contribution < -0.4 is 0 Å². The van der Waals surface area contributed by atoms with Crippen LogP contribution in [-0.2, 0) is 16.2 Å². The van der Waals surface area contributed by atoms with E-state index in [0.717, 1.165) is 42.0 Å². The number of hydrogen-bond donors (Lipinski definition) is 1. The largest absolute Gasteiger partial charge is 0.366 e. The third-order valence-electron chi connectivity index (χ3n) is 5.87. The Balaban J connectivity index is 0.000000250. The molecule has 0 fully saturated rings. The van der Waals surface area contributed by atoms with Gasteiger partial charge in [0.25, 0.3) is 0 Å². The van der Waals surface area contributed by atoms with Crippen LogP contribution in [0.5, 0.6) is 0 Å². The number of hydrogen-bond acceptors (Lipinski definition) is 4. The number of H-pyrrole nitrogens is 1. The van der Waals surface area contributed by atoms with Crippen molar-refractivity contribution in [2.75, 3.05) is 19.3 Å². The molecule has 0 amide bonds. The van der Waals surface area contributed by atoms with Crippen molar-refractivity contribution in [3.63, 3.8) is 0 Å². The van der Waals surface area contributed by atoms with Gasteiger partial charge in [-0.1, -0.05) is 50.9 Å². The molecule has 13 heteroatoms. The molecule has 0 aliphatic heterocycles. The molecule has 2 heterocycles. The number of nitrogens with one attached hydrogen (secondary N) is 1. The topological polar surface area (TPSA) is 65.0 Å². The number of benzene rings is 2. The van der Waals surface area contributed by atoms with Crippen LogP contribution in [0.15, 0.2) is 70.1 Å². The van der Waals surface area contributed by atoms with Gasteiger partial charge in [0.15, 0.2) is 0 Å². The van der Waals surface area contributed by atoms with Crippen molar-refractivity contribution in [3.8, 4) is 22.8 Å². The second kappa shape index (κ2) is 18.3. The molecule has 43 heavy (non-hydrogen) atoms. The zero-order chi connectivity index (χ0) is 32.0. The number of alkyl halides is 1. The lowest BCUT2D eigenvalue weighted by Crippen LogP contribution is -2.22. The third-order valence-corrected chi connectivity index (χ3v) is 10.7. The van der Waals surface area contributed by atoms with Crippen molar-refractivity contribution in [1.82, 2.24) is 19.5 Å². The van der Waals surface area contributed by atoms with E-state index in [1.54, 1.807) is 30.7 Å². The molecule has 0 unspecified atom stereocenters. The fourth-order valence-electron chi connectivity index (χ4n) is 3.40. The van der Waals surface area contributed by atoms with E-state index in [4.69, 9.17) is 21.1 Å². The maximum atomic E-state index is 13.2. The summed E-state index contributed by atoms with van der Waals surface area (Å²) in [4.78, 5) is 11.4. The predicted octanol–water partition coefficient (Wildman–Crippen LogP) is 10.3. The van der Waals surface area contributed by atoms with Crippen LogP contribution in [0.3, 0.4) is 0 Å². The smallest absolute Gasteiger partial charge is 0.142 e. The van der Waals surface area contributed by atoms with Crippen LogP contribution in [0.4, 0.5) is 8.78 Å². The second-order valence-electron chi connectivity index (χ2n) is 12.1. The number of rotatable bonds is 11. The van der Waals surface area contributed by atoms with Gasteiger partial charge in [-0.25, -0.2) is 18.7 Å². The molecule has 0 spiro atoms. The van der Waals surface area contributed by atoms with Crippen LogP contribution >= 0.6 is 43.5 Å². The van der Waals surface area contributed by atoms with Gasteiger partial charge in [-0.05, 0) is 80.3 Å². The zero-order valence-corrected chi connectivity index (χ0v) is 31.5. The number of halogens is 5. The number of aromatic nitrogens is 4. The summed E-state index contributed by atoms with van der Waals surface area (Å²) in [5.41, 5.74) is 1.71. The maximum absolute atomic E-state index is 13.2. The minimum absolute atomic E-state index is 0.262. The van der Waals surface area contributed by atoms with Gasteiger partial charge in [0.05, 0.1) is 0 Å². The van der Waals surface area contributed by atoms with Gasteiger partial charge < -0.3 is 19.0 Å². The van der Waals surface area contributed by atoms with E-state index in [9.17, 15) is 8.78 Å². The van der Waals surface area contributed by atoms with E-state index < -0.39 is 16.1 Å². The molecule has 0 aliphatic carbocycles. The van der Waals surface area contributed by atoms with E-state index in [1.165, 1.54) is 30.3 Å². The number of ether oxygens (including phenoxy) is 2. The lowest BCUT2D eigenvalue weighted by atomic mass is 10.2. The molecule has 0 atom stereocenters. The van der Waals surface area contributed by atoms with E-state index >= 15 is 0 Å². The molecule has 0 saturated carbocycles. The Morgan fingerprint density at radius 1 is 0.814 bits per heavy atom. The fourth-order valence-corrected chi connectivity index (χ4v) is 6.09. The quantitative estimate of drug-likeness (QED) is 0.0936. The lowest BCUT2D eigenvalue weighted by molar-refractivity contribution is 0.0883. The van der Waals surface area contributed by atoms with Gasteiger partial charge in [0, 0.05) is 74.2 Å². The molecule has 0 aliphatic rings. The molecule has 2 aromatic heterocycles. The van der Waals surface area contributed by atoms with Crippen LogP contribution in [-0.4, -0.2) is 54.9 Å². The molecule has 236 valence electrons. The highest BCUT2D eigenvalue weighted by Crippen LogP contribution is 2.28. The number of nitrogens with zero attached hydrogens (tertiary/aromatic N) is 3. The summed E-state index contributed by atoms with van der Waals surface area (Å²) in [6, 6.07) is 11.8. The minimum Gasteiger partial charge on any atom is -0.366 e. The Labute approximate surface area is 277 Å². The third kappa shape index (κ3) is 14.8. The predicted molar refractivity (Wildman–Crippen MR) is 186 cm³/mol. The SMILES string of the molecule is C[Si](C)(C)CCOCCl.C[Si](C)(C)CCOCn1ccnc1-c1ccc(F)cc1Br.Fc1ccc(-c2ncc[nH]2)c(Br)c1. The Kier molecular flexibility index (Phi) is 16.0. The molecule has 1 N–H and O–H groups in total. The molecular formula is C30H41Br2ClF2N4O2Si2. The molecule has 4 rings (SSSR count). The summed E-state index contributed by atoms with van der Waals surface area (Å²) < 4.78 is 40.0. The number of aromatic amines is 1. The van der Waals surface area contributed by atoms with Crippen molar-refractivity contribution in [2.24, 2.45) is 0 Å². The van der Waals surface area contributed by atoms with Gasteiger partial charge in [-0.2, -0.15) is 0 Å². The average molecular weight is 779 g/mol. The molecule has 0 radical (unpaired) electrons. The molecular weight excluding hydrogens is 738 g/mol. The van der Waals surface area contributed by atoms with Crippen molar-refractivity contribution in [1.29, 1.82) is 0 Å². The van der Waals surface area contributed by atoms with E-state index in [2.05, 4.69) is 86.1 Å². The van der Waals surface area contributed by atoms with Gasteiger partial charge in [-0.3, -0.25) is 0 Å². The molecule has 0 saturated heterocycles. The van der Waals surface area contributed by atoms with Crippen molar-refractivity contribution < 1.29 is 18.3 Å². The molecule has 2 aromatic carbocycles. The Hall–Kier alpha value is -1.68. The first-order valence-corrected chi connectivity index (χ1v) is 23.4. The van der Waals surface area contributed by atoms with Crippen molar-refractivity contribution in [3.05, 3.63) is 81.8 Å². The normalized spacial score (nSPS) is 11.4. The highest BCUT2D eigenvalue weighted by Gasteiger charge is 2.14. The average Bonchev–Trinajstić information content (AvgIpc) is 3.59. The van der Waals surface area contributed by atoms with E-state index in [1.807, 2.05) is 10.8 Å². The Morgan fingerprint density at radius 3 is 1.86 bits per heavy atom. The summed E-state index contributed by atoms with van der Waals surface area (Å²) in [6.07, 6.45) is 6.99. The monoisotopic (exact) mass is 776 g/mol. The van der Waals surface area contributed by atoms with Crippen molar-refractivity contribution in [2.45, 2.75) is 58.1 Å². The summed E-state index contributed by atoms with van der Waals surface area (Å²) in [7, 11) is -1.95. The molecule has 6 nitrogen and oxygen atoms in total. The highest BCUT2D eigenvalue weighted by molar-refractivity contribution is 9.11. The van der Waals surface area contributed by atoms with Gasteiger partial charge in [0.1, 0.15) is 36.1 Å². The standard InChI is InChI=1S/C15H20BrFN2OSi.C9H6BrFN2.C6H15ClOSi/c1-21(2,3)9-8-20-11-19-7-6-18-15(19)13-5-4-12(17)10-14(13)16;10-8-5-6(11)1-2-7(8)9-12-3-4-13-9;1-9(2,3)5-4-8-6-7/h4-7,10H,8-9,11H2,1-3H3;1-5H,(H,12,13);4-6H2,1-3H3. The lowest BCUT2D eigenvalue weighted by Gasteiger charge is -2.16. The van der Waals surface area contributed by atoms with E-state index in [0.29, 0.717) is 21.7 Å². The van der Waals surface area contributed by atoms with Crippen LogP contribution in [0.1, 0.15) is 0 Å². The van der Waals surface area contributed by atoms with Crippen LogP contribution in [0, 0.1) is 11.6 Å². The number of imidazole rings is 2. The summed E-state index contributed by atoms with van der Waals surface area (Å²) in [5.74, 6) is 0.971. The summed E-state index contributed by atoms with van der Waals surface area (Å²) in [5, 5.41) is 0. The molecule has 4 aromatic rings. The molecule has 0 bridgehead atoms.